The summed E-state index contributed by atoms with van der Waals surface area (Å²) in [6.45, 7) is 2.55. The van der Waals surface area contributed by atoms with Gasteiger partial charge in [0, 0.05) is 5.69 Å². The maximum atomic E-state index is 5.30. The minimum absolute atomic E-state index is 0.490. The summed E-state index contributed by atoms with van der Waals surface area (Å²) in [5, 5.41) is 3.03. The second kappa shape index (κ2) is 3.22. The SMILES string of the molecule is Cc1cccc(NCN)c1. The van der Waals surface area contributed by atoms with Crippen LogP contribution in [0.25, 0.3) is 0 Å². The maximum absolute atomic E-state index is 5.30. The largest absolute Gasteiger partial charge is 0.373 e. The first-order valence-electron chi connectivity index (χ1n) is 3.33. The Kier molecular flexibility index (Phi) is 2.29. The van der Waals surface area contributed by atoms with Gasteiger partial charge < -0.3 is 11.1 Å². The first kappa shape index (κ1) is 7.09. The third-order valence-electron chi connectivity index (χ3n) is 1.32. The second-order valence-corrected chi connectivity index (χ2v) is 2.25. The van der Waals surface area contributed by atoms with Gasteiger partial charge in [-0.1, -0.05) is 12.1 Å². The van der Waals surface area contributed by atoms with Gasteiger partial charge in [0.05, 0.1) is 6.67 Å². The highest BCUT2D eigenvalue weighted by Gasteiger charge is 1.87. The fourth-order valence-electron chi connectivity index (χ4n) is 0.873. The molecule has 0 spiro atoms. The van der Waals surface area contributed by atoms with Gasteiger partial charge >= 0.3 is 0 Å². The fourth-order valence-corrected chi connectivity index (χ4v) is 0.873. The van der Waals surface area contributed by atoms with Gasteiger partial charge in [0.15, 0.2) is 0 Å². The summed E-state index contributed by atoms with van der Waals surface area (Å²) in [6.07, 6.45) is 0. The van der Waals surface area contributed by atoms with Gasteiger partial charge in [0.2, 0.25) is 0 Å². The number of hydrogen-bond acceptors (Lipinski definition) is 2. The lowest BCUT2D eigenvalue weighted by atomic mass is 10.2. The van der Waals surface area contributed by atoms with E-state index in [1.165, 1.54) is 5.56 Å². The van der Waals surface area contributed by atoms with Gasteiger partial charge in [0.1, 0.15) is 0 Å². The van der Waals surface area contributed by atoms with Crippen LogP contribution in [0, 0.1) is 6.92 Å². The predicted octanol–water partition coefficient (Wildman–Crippen LogP) is 1.32. The standard InChI is InChI=1S/C8H12N2/c1-7-3-2-4-8(5-7)10-6-9/h2-5,10H,6,9H2,1H3. The number of aryl methyl sites for hydroxylation is 1. The van der Waals surface area contributed by atoms with Gasteiger partial charge in [-0.05, 0) is 24.6 Å². The number of nitrogens with two attached hydrogens (primary N) is 1. The third kappa shape index (κ3) is 1.74. The number of nitrogens with one attached hydrogen (secondary N) is 1. The molecule has 0 aliphatic heterocycles. The summed E-state index contributed by atoms with van der Waals surface area (Å²) in [6, 6.07) is 8.13. The first-order valence-corrected chi connectivity index (χ1v) is 3.33. The molecule has 1 aromatic rings. The number of benzene rings is 1. The van der Waals surface area contributed by atoms with E-state index in [0.29, 0.717) is 6.67 Å². The van der Waals surface area contributed by atoms with Gasteiger partial charge in [-0.15, -0.1) is 0 Å². The van der Waals surface area contributed by atoms with Crippen molar-refractivity contribution in [1.29, 1.82) is 0 Å². The molecule has 0 atom stereocenters. The van der Waals surface area contributed by atoms with E-state index in [1.807, 2.05) is 12.1 Å². The van der Waals surface area contributed by atoms with Crippen LogP contribution in [0.3, 0.4) is 0 Å². The number of hydrogen-bond donors (Lipinski definition) is 2. The average molecular weight is 136 g/mol. The monoisotopic (exact) mass is 136 g/mol. The number of rotatable bonds is 2. The van der Waals surface area contributed by atoms with Crippen molar-refractivity contribution in [3.8, 4) is 0 Å². The molecule has 54 valence electrons. The Bertz CT molecular complexity index is 208. The molecule has 0 heterocycles. The molecule has 0 radical (unpaired) electrons. The van der Waals surface area contributed by atoms with Gasteiger partial charge in [-0.3, -0.25) is 0 Å². The van der Waals surface area contributed by atoms with Crippen LogP contribution in [0.15, 0.2) is 24.3 Å². The van der Waals surface area contributed by atoms with Crippen molar-refractivity contribution in [2.75, 3.05) is 12.0 Å². The Morgan fingerprint density at radius 2 is 2.30 bits per heavy atom. The smallest absolute Gasteiger partial charge is 0.0628 e. The van der Waals surface area contributed by atoms with Gasteiger partial charge in [0.25, 0.3) is 0 Å². The summed E-state index contributed by atoms with van der Waals surface area (Å²) >= 11 is 0. The van der Waals surface area contributed by atoms with Crippen molar-refractivity contribution in [2.45, 2.75) is 6.92 Å². The fraction of sp³-hybridized carbons (Fsp3) is 0.250. The van der Waals surface area contributed by atoms with Gasteiger partial charge in [-0.2, -0.15) is 0 Å². The van der Waals surface area contributed by atoms with Crippen LogP contribution >= 0.6 is 0 Å². The minimum atomic E-state index is 0.490. The Morgan fingerprint density at radius 1 is 1.50 bits per heavy atom. The summed E-state index contributed by atoms with van der Waals surface area (Å²) in [7, 11) is 0. The van der Waals surface area contributed by atoms with Gasteiger partial charge in [-0.25, -0.2) is 0 Å². The molecule has 0 aliphatic carbocycles. The minimum Gasteiger partial charge on any atom is -0.373 e. The molecule has 0 aromatic heterocycles. The van der Waals surface area contributed by atoms with Crippen LogP contribution in [0.5, 0.6) is 0 Å². The predicted molar refractivity (Wildman–Crippen MR) is 43.9 cm³/mol. The van der Waals surface area contributed by atoms with Crippen molar-refractivity contribution < 1.29 is 0 Å². The summed E-state index contributed by atoms with van der Waals surface area (Å²) < 4.78 is 0. The molecule has 0 saturated carbocycles. The molecular formula is C8H12N2. The second-order valence-electron chi connectivity index (χ2n) is 2.25. The summed E-state index contributed by atoms with van der Waals surface area (Å²) in [5.41, 5.74) is 7.63. The maximum Gasteiger partial charge on any atom is 0.0628 e. The van der Waals surface area contributed by atoms with Crippen LogP contribution in [-0.2, 0) is 0 Å². The molecule has 0 unspecified atom stereocenters. The van der Waals surface area contributed by atoms with Crippen LogP contribution in [0.2, 0.25) is 0 Å². The molecular weight excluding hydrogens is 124 g/mol. The summed E-state index contributed by atoms with van der Waals surface area (Å²) in [5.74, 6) is 0. The molecule has 3 N–H and O–H groups in total. The molecule has 1 rings (SSSR count). The van der Waals surface area contributed by atoms with E-state index in [4.69, 9.17) is 5.73 Å². The van der Waals surface area contributed by atoms with Crippen LogP contribution in [0.1, 0.15) is 5.56 Å². The Labute approximate surface area is 61.1 Å². The van der Waals surface area contributed by atoms with E-state index in [-0.39, 0.29) is 0 Å². The average Bonchev–Trinajstić information content (AvgIpc) is 1.88. The quantitative estimate of drug-likeness (QED) is 0.602. The Morgan fingerprint density at radius 3 is 2.90 bits per heavy atom. The van der Waals surface area contributed by atoms with E-state index in [0.717, 1.165) is 5.69 Å². The molecule has 0 aliphatic rings. The molecule has 10 heavy (non-hydrogen) atoms. The van der Waals surface area contributed by atoms with Crippen molar-refractivity contribution >= 4 is 5.69 Å². The Hall–Kier alpha value is -1.02. The van der Waals surface area contributed by atoms with Crippen molar-refractivity contribution in [1.82, 2.24) is 0 Å². The molecule has 2 heteroatoms. The van der Waals surface area contributed by atoms with E-state index in [2.05, 4.69) is 24.4 Å². The topological polar surface area (TPSA) is 38.0 Å². The molecule has 2 nitrogen and oxygen atoms in total. The first-order chi connectivity index (χ1) is 4.83. The zero-order valence-electron chi connectivity index (χ0n) is 6.09. The van der Waals surface area contributed by atoms with Crippen molar-refractivity contribution in [3.05, 3.63) is 29.8 Å². The highest BCUT2D eigenvalue weighted by molar-refractivity contribution is 5.44. The van der Waals surface area contributed by atoms with Crippen LogP contribution in [-0.4, -0.2) is 6.67 Å². The van der Waals surface area contributed by atoms with Crippen LogP contribution < -0.4 is 11.1 Å². The Balaban J connectivity index is 2.75. The highest BCUT2D eigenvalue weighted by Crippen LogP contribution is 2.07. The lowest BCUT2D eigenvalue weighted by molar-refractivity contribution is 1.14. The van der Waals surface area contributed by atoms with E-state index >= 15 is 0 Å². The lowest BCUT2D eigenvalue weighted by Gasteiger charge is -2.02. The van der Waals surface area contributed by atoms with Crippen LogP contribution in [0.4, 0.5) is 5.69 Å². The highest BCUT2D eigenvalue weighted by atomic mass is 15.0. The summed E-state index contributed by atoms with van der Waals surface area (Å²) in [4.78, 5) is 0. The lowest BCUT2D eigenvalue weighted by Crippen LogP contribution is -2.10. The normalized spacial score (nSPS) is 9.40. The zero-order chi connectivity index (χ0) is 7.40. The molecule has 0 amide bonds. The number of anilines is 1. The molecule has 0 bridgehead atoms. The van der Waals surface area contributed by atoms with E-state index in [9.17, 15) is 0 Å². The van der Waals surface area contributed by atoms with Crippen molar-refractivity contribution in [3.63, 3.8) is 0 Å². The van der Waals surface area contributed by atoms with E-state index in [1.54, 1.807) is 0 Å². The molecule has 1 aromatic carbocycles. The van der Waals surface area contributed by atoms with E-state index < -0.39 is 0 Å². The van der Waals surface area contributed by atoms with Crippen molar-refractivity contribution in [2.24, 2.45) is 5.73 Å². The molecule has 0 fully saturated rings. The molecule has 0 saturated heterocycles. The third-order valence-corrected chi connectivity index (χ3v) is 1.32. The zero-order valence-corrected chi connectivity index (χ0v) is 6.09.